The van der Waals surface area contributed by atoms with Crippen molar-refractivity contribution < 1.29 is 33.1 Å². The maximum absolute atomic E-state index is 13.8. The van der Waals surface area contributed by atoms with Crippen LogP contribution in [0.1, 0.15) is 102 Å². The molecule has 51 heavy (non-hydrogen) atoms. The summed E-state index contributed by atoms with van der Waals surface area (Å²) < 4.78 is 11.7. The number of hydrogen-bond donors (Lipinski definition) is 2. The van der Waals surface area contributed by atoms with Crippen molar-refractivity contribution in [2.45, 2.75) is 110 Å². The number of hydrogen-bond acceptors (Lipinski definition) is 7. The molecule has 1 aromatic heterocycles. The van der Waals surface area contributed by atoms with Crippen molar-refractivity contribution in [3.8, 4) is 5.75 Å². The van der Waals surface area contributed by atoms with Gasteiger partial charge in [0.25, 0.3) is 17.7 Å². The number of carbonyl (C=O) groups excluding carboxylic acids is 5. The SMILES string of the molecule is CCC(Oc1ccc(C(C)(C)CC)cc1C(C)(C)CC)C(=O)Nc1ccc(Cl)c(NC(=O)C(C(=O)c2ccco2)N2C(=O)C3CCCN3C2=O)c1. The normalized spacial score (nSPS) is 17.3. The minimum Gasteiger partial charge on any atom is -0.480 e. The lowest BCUT2D eigenvalue weighted by Crippen LogP contribution is -2.52. The molecule has 272 valence electrons. The van der Waals surface area contributed by atoms with E-state index >= 15 is 0 Å². The number of anilines is 2. The second-order valence-corrected chi connectivity index (χ2v) is 14.9. The minimum atomic E-state index is -1.84. The molecule has 5 rings (SSSR count). The van der Waals surface area contributed by atoms with E-state index in [0.29, 0.717) is 42.1 Å². The number of rotatable bonds is 14. The molecule has 2 saturated heterocycles. The van der Waals surface area contributed by atoms with Crippen LogP contribution in [0.25, 0.3) is 0 Å². The molecule has 2 fully saturated rings. The van der Waals surface area contributed by atoms with Crippen LogP contribution in [0, 0.1) is 0 Å². The number of nitrogens with zero attached hydrogens (tertiary/aromatic N) is 2. The van der Waals surface area contributed by atoms with Crippen LogP contribution in [0.4, 0.5) is 16.2 Å². The van der Waals surface area contributed by atoms with Crippen molar-refractivity contribution in [1.82, 2.24) is 9.80 Å². The predicted molar refractivity (Wildman–Crippen MR) is 195 cm³/mol. The first kappa shape index (κ1) is 37.6. The Hall–Kier alpha value is -4.64. The topological polar surface area (TPSA) is 138 Å². The number of Topliss-reactive ketones (excluding diaryl/α,β-unsaturated/α-hetero) is 1. The van der Waals surface area contributed by atoms with Crippen LogP contribution >= 0.6 is 11.6 Å². The summed E-state index contributed by atoms with van der Waals surface area (Å²) in [5, 5.41) is 5.57. The Labute approximate surface area is 304 Å². The molecule has 3 unspecified atom stereocenters. The third-order valence-corrected chi connectivity index (χ3v) is 10.8. The van der Waals surface area contributed by atoms with Crippen molar-refractivity contribution in [2.75, 3.05) is 17.2 Å². The Morgan fingerprint density at radius 3 is 2.31 bits per heavy atom. The maximum atomic E-state index is 13.8. The fraction of sp³-hybridized carbons (Fsp3) is 0.462. The summed E-state index contributed by atoms with van der Waals surface area (Å²) in [6.07, 6.45) is 3.74. The fourth-order valence-electron chi connectivity index (χ4n) is 6.37. The zero-order chi connectivity index (χ0) is 37.2. The molecule has 12 heteroatoms. The van der Waals surface area contributed by atoms with Gasteiger partial charge in [0.05, 0.1) is 17.0 Å². The van der Waals surface area contributed by atoms with E-state index in [1.165, 1.54) is 41.0 Å². The number of urea groups is 1. The summed E-state index contributed by atoms with van der Waals surface area (Å²) in [6, 6.07) is 10.2. The first-order valence-corrected chi connectivity index (χ1v) is 18.0. The molecule has 0 radical (unpaired) electrons. The lowest BCUT2D eigenvalue weighted by atomic mass is 9.76. The largest absolute Gasteiger partial charge is 0.480 e. The number of ketones is 1. The number of ether oxygens (including phenoxy) is 1. The highest BCUT2D eigenvalue weighted by Crippen LogP contribution is 2.39. The highest BCUT2D eigenvalue weighted by molar-refractivity contribution is 6.34. The van der Waals surface area contributed by atoms with Crippen molar-refractivity contribution in [3.05, 3.63) is 76.7 Å². The van der Waals surface area contributed by atoms with Crippen LogP contribution in [0.3, 0.4) is 0 Å². The van der Waals surface area contributed by atoms with Gasteiger partial charge in [0.15, 0.2) is 17.9 Å². The van der Waals surface area contributed by atoms with E-state index in [2.05, 4.69) is 64.3 Å². The van der Waals surface area contributed by atoms with Crippen molar-refractivity contribution in [2.24, 2.45) is 0 Å². The average Bonchev–Trinajstić information content (AvgIpc) is 3.87. The third kappa shape index (κ3) is 7.54. The molecule has 2 N–H and O–H groups in total. The van der Waals surface area contributed by atoms with Crippen molar-refractivity contribution in [3.63, 3.8) is 0 Å². The van der Waals surface area contributed by atoms with Gasteiger partial charge in [0, 0.05) is 17.8 Å². The van der Waals surface area contributed by atoms with Gasteiger partial charge in [-0.1, -0.05) is 72.2 Å². The first-order valence-electron chi connectivity index (χ1n) is 17.6. The third-order valence-electron chi connectivity index (χ3n) is 10.4. The van der Waals surface area contributed by atoms with Crippen LogP contribution in [0.15, 0.2) is 59.2 Å². The summed E-state index contributed by atoms with van der Waals surface area (Å²) in [4.78, 5) is 69.7. The van der Waals surface area contributed by atoms with E-state index in [1.807, 2.05) is 13.0 Å². The van der Waals surface area contributed by atoms with E-state index in [0.717, 1.165) is 18.4 Å². The van der Waals surface area contributed by atoms with Gasteiger partial charge in [-0.2, -0.15) is 0 Å². The average molecular weight is 719 g/mol. The summed E-state index contributed by atoms with van der Waals surface area (Å²) in [5.41, 5.74) is 2.37. The monoisotopic (exact) mass is 718 g/mol. The minimum absolute atomic E-state index is 0.0249. The second kappa shape index (κ2) is 14.9. The molecular formula is C39H47ClN4O7. The molecule has 2 aliphatic rings. The van der Waals surface area contributed by atoms with Crippen LogP contribution in [0.5, 0.6) is 5.75 Å². The van der Waals surface area contributed by atoms with Crippen LogP contribution in [-0.2, 0) is 25.2 Å². The number of furan rings is 1. The van der Waals surface area contributed by atoms with E-state index in [9.17, 15) is 24.0 Å². The summed E-state index contributed by atoms with van der Waals surface area (Å²) in [6.45, 7) is 15.2. The van der Waals surface area contributed by atoms with Gasteiger partial charge in [-0.15, -0.1) is 0 Å². The predicted octanol–water partition coefficient (Wildman–Crippen LogP) is 7.72. The molecule has 0 saturated carbocycles. The number of benzene rings is 2. The lowest BCUT2D eigenvalue weighted by Gasteiger charge is -2.31. The highest BCUT2D eigenvalue weighted by Gasteiger charge is 2.54. The molecule has 0 aliphatic carbocycles. The Balaban J connectivity index is 1.37. The molecule has 2 aromatic carbocycles. The van der Waals surface area contributed by atoms with Gasteiger partial charge in [0.1, 0.15) is 11.8 Å². The highest BCUT2D eigenvalue weighted by atomic mass is 35.5. The van der Waals surface area contributed by atoms with Crippen molar-refractivity contribution in [1.29, 1.82) is 0 Å². The van der Waals surface area contributed by atoms with Gasteiger partial charge in [-0.05, 0) is 84.9 Å². The van der Waals surface area contributed by atoms with Crippen molar-refractivity contribution >= 4 is 52.5 Å². The number of fused-ring (bicyclic) bond motifs is 1. The van der Waals surface area contributed by atoms with E-state index in [-0.39, 0.29) is 27.3 Å². The van der Waals surface area contributed by atoms with Crippen LogP contribution in [0.2, 0.25) is 5.02 Å². The van der Waals surface area contributed by atoms with Crippen LogP contribution < -0.4 is 15.4 Å². The Morgan fingerprint density at radius 2 is 1.69 bits per heavy atom. The second-order valence-electron chi connectivity index (χ2n) is 14.5. The molecular weight excluding hydrogens is 672 g/mol. The Morgan fingerprint density at radius 1 is 0.961 bits per heavy atom. The molecule has 11 nitrogen and oxygen atoms in total. The maximum Gasteiger partial charge on any atom is 0.328 e. The van der Waals surface area contributed by atoms with Gasteiger partial charge in [-0.25, -0.2) is 9.69 Å². The summed E-state index contributed by atoms with van der Waals surface area (Å²) in [7, 11) is 0. The molecule has 3 aromatic rings. The van der Waals surface area contributed by atoms with Gasteiger partial charge < -0.3 is 24.7 Å². The van der Waals surface area contributed by atoms with E-state index in [4.69, 9.17) is 20.8 Å². The zero-order valence-electron chi connectivity index (χ0n) is 30.3. The molecule has 3 atom stereocenters. The summed E-state index contributed by atoms with van der Waals surface area (Å²) >= 11 is 6.47. The number of halogens is 1. The number of amides is 5. The van der Waals surface area contributed by atoms with Gasteiger partial charge in [-0.3, -0.25) is 19.2 Å². The molecule has 5 amide bonds. The Kier molecular flexibility index (Phi) is 11.0. The first-order chi connectivity index (χ1) is 24.1. The fourth-order valence-corrected chi connectivity index (χ4v) is 6.53. The zero-order valence-corrected chi connectivity index (χ0v) is 31.1. The smallest absolute Gasteiger partial charge is 0.328 e. The number of nitrogens with one attached hydrogen (secondary N) is 2. The van der Waals surface area contributed by atoms with E-state index < -0.39 is 47.7 Å². The van der Waals surface area contributed by atoms with Gasteiger partial charge in [0.2, 0.25) is 5.78 Å². The van der Waals surface area contributed by atoms with E-state index in [1.54, 1.807) is 6.07 Å². The lowest BCUT2D eigenvalue weighted by molar-refractivity contribution is -0.133. The van der Waals surface area contributed by atoms with Crippen LogP contribution in [-0.4, -0.2) is 64.1 Å². The number of carbonyl (C=O) groups is 5. The molecule has 0 spiro atoms. The molecule has 2 aliphatic heterocycles. The van der Waals surface area contributed by atoms with Gasteiger partial charge >= 0.3 is 6.03 Å². The summed E-state index contributed by atoms with van der Waals surface area (Å²) in [5.74, 6) is -2.39. The standard InChI is InChI=1S/C39H47ClN4O7/c1-8-29(51-30-18-15-23(38(4,5)9-2)21-25(30)39(6,7)10-3)34(46)41-24-16-17-26(40)27(22-24)42-35(47)32(33(45)31-14-12-20-50-31)44-36(48)28-13-11-19-43(28)37(44)49/h12,14-18,20-22,28-29,32H,8-11,13,19H2,1-7H3,(H,41,46)(H,42,47). The molecule has 3 heterocycles. The number of imide groups is 1. The Bertz CT molecular complexity index is 1800. The molecule has 0 bridgehead atoms. The quantitative estimate of drug-likeness (QED) is 0.0989.